The van der Waals surface area contributed by atoms with Crippen molar-refractivity contribution in [2.75, 3.05) is 39.6 Å². The summed E-state index contributed by atoms with van der Waals surface area (Å²) < 4.78 is 21.6. The molecule has 0 heterocycles. The molecule has 216 valence electrons. The maximum Gasteiger partial charge on any atom is 0.182 e. The molecule has 35 heavy (non-hydrogen) atoms. The topological polar surface area (TPSA) is 97.6 Å². The Kier molecular flexibility index (Phi) is 33.6. The SMILES string of the molecule is C=CCOCC(C)OCC=C.CC(COCCC[Si](C)(C)O)OCCC[Si](C)(C)O.C[SiH](C)O.[Pt]. The van der Waals surface area contributed by atoms with Crippen LogP contribution in [-0.4, -0.2) is 91.9 Å². The van der Waals surface area contributed by atoms with Gasteiger partial charge in [-0.3, -0.25) is 0 Å². The van der Waals surface area contributed by atoms with Gasteiger partial charge in [0.2, 0.25) is 0 Å². The number of rotatable bonds is 18. The van der Waals surface area contributed by atoms with Gasteiger partial charge in [-0.05, 0) is 78.1 Å². The zero-order valence-electron chi connectivity index (χ0n) is 23.7. The van der Waals surface area contributed by atoms with Gasteiger partial charge in [-0.25, -0.2) is 0 Å². The minimum atomic E-state index is -1.91. The van der Waals surface area contributed by atoms with Crippen LogP contribution in [0, 0.1) is 0 Å². The van der Waals surface area contributed by atoms with E-state index in [4.69, 9.17) is 23.7 Å². The Balaban J connectivity index is -0.000000254. The van der Waals surface area contributed by atoms with E-state index in [0.29, 0.717) is 39.6 Å². The van der Waals surface area contributed by atoms with Gasteiger partial charge in [0.15, 0.2) is 25.7 Å². The molecule has 7 nitrogen and oxygen atoms in total. The summed E-state index contributed by atoms with van der Waals surface area (Å²) in [4.78, 5) is 27.6. The van der Waals surface area contributed by atoms with Crippen LogP contribution in [0.1, 0.15) is 26.7 Å². The summed E-state index contributed by atoms with van der Waals surface area (Å²) in [5.41, 5.74) is 0. The van der Waals surface area contributed by atoms with Crippen molar-refractivity contribution >= 4 is 25.7 Å². The van der Waals surface area contributed by atoms with Crippen LogP contribution in [0.25, 0.3) is 0 Å². The van der Waals surface area contributed by atoms with Gasteiger partial charge in [-0.2, -0.15) is 0 Å². The standard InChI is InChI=1S/C13H32O4Si2.C9H16O2.C2H8OSi.Pt/c1-13(17-9-7-11-19(4,5)15)12-16-8-6-10-18(2,3)14;1-4-6-10-8-9(3)11-7-5-2;1-4(2)3;/h13-15H,6-12H2,1-5H3;4-5,9H,1-2,6-8H2,3H3;3-4H,1-2H3;. The van der Waals surface area contributed by atoms with Gasteiger partial charge in [0.05, 0.1) is 38.6 Å². The molecule has 0 aliphatic rings. The summed E-state index contributed by atoms with van der Waals surface area (Å²) in [5, 5.41) is 0. The molecular weight excluding hydrogens is 680 g/mol. The molecule has 0 saturated heterocycles. The zero-order chi connectivity index (χ0) is 27.0. The van der Waals surface area contributed by atoms with E-state index in [1.165, 1.54) is 0 Å². The second kappa shape index (κ2) is 27.6. The van der Waals surface area contributed by atoms with E-state index in [0.717, 1.165) is 24.9 Å². The number of ether oxygens (including phenoxy) is 4. The van der Waals surface area contributed by atoms with Crippen LogP contribution in [0.2, 0.25) is 51.4 Å². The first-order chi connectivity index (χ1) is 15.6. The molecule has 3 N–H and O–H groups in total. The van der Waals surface area contributed by atoms with Gasteiger partial charge < -0.3 is 33.3 Å². The van der Waals surface area contributed by atoms with Crippen molar-refractivity contribution in [2.24, 2.45) is 0 Å². The van der Waals surface area contributed by atoms with Crippen molar-refractivity contribution < 1.29 is 54.4 Å². The van der Waals surface area contributed by atoms with Crippen LogP contribution < -0.4 is 0 Å². The molecule has 0 aliphatic carbocycles. The quantitative estimate of drug-likeness (QED) is 0.110. The van der Waals surface area contributed by atoms with Crippen LogP contribution in [0.5, 0.6) is 0 Å². The van der Waals surface area contributed by atoms with Crippen LogP contribution in [0.15, 0.2) is 25.3 Å². The summed E-state index contributed by atoms with van der Waals surface area (Å²) >= 11 is 0. The van der Waals surface area contributed by atoms with E-state index in [1.807, 2.05) is 53.1 Å². The van der Waals surface area contributed by atoms with Crippen molar-refractivity contribution in [1.29, 1.82) is 0 Å². The van der Waals surface area contributed by atoms with Crippen molar-refractivity contribution in [3.8, 4) is 0 Å². The molecule has 0 saturated carbocycles. The first-order valence-electron chi connectivity index (χ1n) is 12.4. The Bertz CT molecular complexity index is 457. The maximum atomic E-state index is 9.69. The molecule has 0 aromatic heterocycles. The molecule has 11 heteroatoms. The molecule has 2 unspecified atom stereocenters. The second-order valence-corrected chi connectivity index (χ2v) is 20.4. The molecule has 0 radical (unpaired) electrons. The van der Waals surface area contributed by atoms with Crippen LogP contribution >= 0.6 is 0 Å². The number of hydrogen-bond donors (Lipinski definition) is 3. The van der Waals surface area contributed by atoms with E-state index in [-0.39, 0.29) is 33.3 Å². The fourth-order valence-electron chi connectivity index (χ4n) is 2.29. The summed E-state index contributed by atoms with van der Waals surface area (Å²) in [5.74, 6) is 0. The minimum absolute atomic E-state index is 0. The summed E-state index contributed by atoms with van der Waals surface area (Å²) in [6.07, 6.45) is 5.53. The van der Waals surface area contributed by atoms with Crippen LogP contribution in [0.3, 0.4) is 0 Å². The molecular formula is C24H56O7PtSi3. The predicted octanol–water partition coefficient (Wildman–Crippen LogP) is 4.32. The van der Waals surface area contributed by atoms with Gasteiger partial charge >= 0.3 is 0 Å². The van der Waals surface area contributed by atoms with Crippen molar-refractivity contribution in [1.82, 2.24) is 0 Å². The zero-order valence-corrected chi connectivity index (χ0v) is 29.1. The Morgan fingerprint density at radius 1 is 0.771 bits per heavy atom. The van der Waals surface area contributed by atoms with Crippen molar-refractivity contribution in [2.45, 2.75) is 90.3 Å². The third kappa shape index (κ3) is 51.9. The second-order valence-electron chi connectivity index (χ2n) is 9.94. The molecule has 0 bridgehead atoms. The largest absolute Gasteiger partial charge is 0.435 e. The van der Waals surface area contributed by atoms with Crippen LogP contribution in [-0.2, 0) is 40.0 Å². The third-order valence-electron chi connectivity index (χ3n) is 3.85. The smallest absolute Gasteiger partial charge is 0.182 e. The first kappa shape index (κ1) is 42.6. The van der Waals surface area contributed by atoms with Crippen molar-refractivity contribution in [3.05, 3.63) is 25.3 Å². The molecule has 0 rings (SSSR count). The molecule has 2 atom stereocenters. The monoisotopic (exact) mass is 735 g/mol. The van der Waals surface area contributed by atoms with Gasteiger partial charge in [-0.15, -0.1) is 13.2 Å². The van der Waals surface area contributed by atoms with Crippen molar-refractivity contribution in [3.63, 3.8) is 0 Å². The molecule has 0 amide bonds. The Morgan fingerprint density at radius 2 is 1.17 bits per heavy atom. The molecule has 0 fully saturated rings. The summed E-state index contributed by atoms with van der Waals surface area (Å²) in [7, 11) is -4.96. The minimum Gasteiger partial charge on any atom is -0.435 e. The van der Waals surface area contributed by atoms with Gasteiger partial charge in [0.1, 0.15) is 0 Å². The average molecular weight is 736 g/mol. The fourth-order valence-corrected chi connectivity index (χ4v) is 4.31. The molecule has 0 aliphatic heterocycles. The average Bonchev–Trinajstić information content (AvgIpc) is 2.68. The fraction of sp³-hybridized carbons (Fsp3) is 0.833. The Morgan fingerprint density at radius 3 is 1.60 bits per heavy atom. The third-order valence-corrected chi connectivity index (χ3v) is 7.01. The Labute approximate surface area is 234 Å². The first-order valence-corrected chi connectivity index (χ1v) is 21.5. The molecule has 0 aromatic rings. The summed E-state index contributed by atoms with van der Waals surface area (Å²) in [6, 6.07) is 1.77. The van der Waals surface area contributed by atoms with Gasteiger partial charge in [-0.1, -0.05) is 12.2 Å². The van der Waals surface area contributed by atoms with E-state index < -0.39 is 25.7 Å². The van der Waals surface area contributed by atoms with E-state index in [9.17, 15) is 9.59 Å². The normalized spacial score (nSPS) is 12.9. The predicted molar refractivity (Wildman–Crippen MR) is 152 cm³/mol. The maximum absolute atomic E-state index is 9.69. The van der Waals surface area contributed by atoms with Gasteiger partial charge in [0.25, 0.3) is 0 Å². The molecule has 0 spiro atoms. The number of hydrogen-bond acceptors (Lipinski definition) is 7. The van der Waals surface area contributed by atoms with E-state index >= 15 is 0 Å². The van der Waals surface area contributed by atoms with Gasteiger partial charge in [0, 0.05) is 34.3 Å². The Hall–Kier alpha value is 0.539. The van der Waals surface area contributed by atoms with E-state index in [2.05, 4.69) is 13.2 Å². The summed E-state index contributed by atoms with van der Waals surface area (Å²) in [6.45, 7) is 26.3. The molecule has 0 aromatic carbocycles. The van der Waals surface area contributed by atoms with E-state index in [1.54, 1.807) is 12.2 Å². The van der Waals surface area contributed by atoms with Crippen LogP contribution in [0.4, 0.5) is 0 Å².